The van der Waals surface area contributed by atoms with Gasteiger partial charge < -0.3 is 10.1 Å². The van der Waals surface area contributed by atoms with E-state index in [4.69, 9.17) is 4.74 Å². The lowest BCUT2D eigenvalue weighted by Gasteiger charge is -2.15. The number of ether oxygens (including phenoxy) is 1. The van der Waals surface area contributed by atoms with Gasteiger partial charge in [-0.25, -0.2) is 0 Å². The Labute approximate surface area is 74.0 Å². The predicted octanol–water partition coefficient (Wildman–Crippen LogP) is 1.47. The summed E-state index contributed by atoms with van der Waals surface area (Å²) >= 11 is 0. The first-order valence-corrected chi connectivity index (χ1v) is 4.89. The van der Waals surface area contributed by atoms with E-state index in [-0.39, 0.29) is 0 Å². The molecule has 1 heterocycles. The van der Waals surface area contributed by atoms with E-state index in [1.165, 1.54) is 19.3 Å². The second kappa shape index (κ2) is 3.58. The van der Waals surface area contributed by atoms with Crippen LogP contribution in [0, 0.1) is 0 Å². The monoisotopic (exact) mass is 167 g/mol. The zero-order chi connectivity index (χ0) is 8.39. The maximum Gasteiger partial charge on any atom is 0.0624 e. The maximum absolute atomic E-state index is 5.49. The Bertz CT molecular complexity index is 179. The second-order valence-electron chi connectivity index (χ2n) is 3.86. The number of allylic oxidation sites excluding steroid dienone is 1. The van der Waals surface area contributed by atoms with Crippen molar-refractivity contribution in [2.45, 2.75) is 44.4 Å². The van der Waals surface area contributed by atoms with Gasteiger partial charge in [0.15, 0.2) is 0 Å². The molecule has 3 atom stereocenters. The molecule has 0 saturated carbocycles. The third kappa shape index (κ3) is 1.87. The Morgan fingerprint density at radius 2 is 2.42 bits per heavy atom. The van der Waals surface area contributed by atoms with Crippen molar-refractivity contribution >= 4 is 0 Å². The smallest absolute Gasteiger partial charge is 0.0624 e. The first-order chi connectivity index (χ1) is 5.84. The van der Waals surface area contributed by atoms with Crippen LogP contribution in [-0.4, -0.2) is 24.8 Å². The van der Waals surface area contributed by atoms with Crippen LogP contribution in [0.25, 0.3) is 0 Å². The quantitative estimate of drug-likeness (QED) is 0.629. The van der Waals surface area contributed by atoms with Gasteiger partial charge in [0.1, 0.15) is 0 Å². The fourth-order valence-electron chi connectivity index (χ4n) is 2.01. The van der Waals surface area contributed by atoms with E-state index >= 15 is 0 Å². The molecule has 1 saturated heterocycles. The van der Waals surface area contributed by atoms with Crippen molar-refractivity contribution in [2.75, 3.05) is 6.61 Å². The van der Waals surface area contributed by atoms with E-state index in [1.807, 2.05) is 0 Å². The summed E-state index contributed by atoms with van der Waals surface area (Å²) in [5.41, 5.74) is 0. The highest BCUT2D eigenvalue weighted by Crippen LogP contribution is 2.16. The van der Waals surface area contributed by atoms with Crippen LogP contribution >= 0.6 is 0 Å². The minimum absolute atomic E-state index is 0.452. The lowest BCUT2D eigenvalue weighted by molar-refractivity contribution is 0.121. The Balaban J connectivity index is 1.76. The summed E-state index contributed by atoms with van der Waals surface area (Å²) in [6, 6.07) is 1.21. The zero-order valence-corrected chi connectivity index (χ0v) is 7.62. The van der Waals surface area contributed by atoms with Crippen LogP contribution in [0.1, 0.15) is 26.2 Å². The highest BCUT2D eigenvalue weighted by Gasteiger charge is 2.23. The van der Waals surface area contributed by atoms with Gasteiger partial charge in [0, 0.05) is 12.1 Å². The minimum atomic E-state index is 0.452. The van der Waals surface area contributed by atoms with Crippen LogP contribution in [0.3, 0.4) is 0 Å². The first kappa shape index (κ1) is 8.27. The Morgan fingerprint density at radius 1 is 1.50 bits per heavy atom. The molecule has 1 N–H and O–H groups in total. The standard InChI is InChI=1S/C10H17NO/c1-8-6-10(7-12-8)11-9-4-2-3-5-9/h2,4,8-11H,3,5-7H2,1H3. The van der Waals surface area contributed by atoms with E-state index in [2.05, 4.69) is 24.4 Å². The molecule has 0 aromatic rings. The van der Waals surface area contributed by atoms with Crippen molar-refractivity contribution in [2.24, 2.45) is 0 Å². The third-order valence-corrected chi connectivity index (χ3v) is 2.66. The summed E-state index contributed by atoms with van der Waals surface area (Å²) in [7, 11) is 0. The molecule has 2 rings (SSSR count). The summed E-state index contributed by atoms with van der Waals surface area (Å²) in [4.78, 5) is 0. The largest absolute Gasteiger partial charge is 0.377 e. The van der Waals surface area contributed by atoms with Crippen molar-refractivity contribution < 1.29 is 4.74 Å². The van der Waals surface area contributed by atoms with E-state index in [9.17, 15) is 0 Å². The van der Waals surface area contributed by atoms with Gasteiger partial charge in [-0.15, -0.1) is 0 Å². The molecule has 0 aromatic heterocycles. The average molecular weight is 167 g/mol. The van der Waals surface area contributed by atoms with Crippen LogP contribution in [0.4, 0.5) is 0 Å². The molecule has 0 aromatic carbocycles. The number of nitrogens with one attached hydrogen (secondary N) is 1. The topological polar surface area (TPSA) is 21.3 Å². The van der Waals surface area contributed by atoms with Gasteiger partial charge in [-0.05, 0) is 26.2 Å². The molecule has 0 spiro atoms. The molecule has 1 aliphatic heterocycles. The summed E-state index contributed by atoms with van der Waals surface area (Å²) in [5, 5.41) is 3.60. The predicted molar refractivity (Wildman–Crippen MR) is 49.1 cm³/mol. The van der Waals surface area contributed by atoms with Gasteiger partial charge in [-0.1, -0.05) is 12.2 Å². The van der Waals surface area contributed by atoms with Gasteiger partial charge >= 0.3 is 0 Å². The third-order valence-electron chi connectivity index (χ3n) is 2.66. The van der Waals surface area contributed by atoms with Gasteiger partial charge in [0.2, 0.25) is 0 Å². The normalized spacial score (nSPS) is 40.9. The second-order valence-corrected chi connectivity index (χ2v) is 3.86. The van der Waals surface area contributed by atoms with Crippen molar-refractivity contribution in [3.63, 3.8) is 0 Å². The average Bonchev–Trinajstić information content (AvgIpc) is 2.63. The van der Waals surface area contributed by atoms with Crippen LogP contribution < -0.4 is 5.32 Å². The Hall–Kier alpha value is -0.340. The SMILES string of the molecule is CC1CC(NC2C=CCC2)CO1. The summed E-state index contributed by atoms with van der Waals surface area (Å²) in [6.45, 7) is 3.04. The molecule has 1 fully saturated rings. The molecule has 12 heavy (non-hydrogen) atoms. The molecule has 0 bridgehead atoms. The molecule has 1 aliphatic carbocycles. The van der Waals surface area contributed by atoms with Crippen LogP contribution in [-0.2, 0) is 4.74 Å². The summed E-state index contributed by atoms with van der Waals surface area (Å²) in [6.07, 6.45) is 8.67. The molecule has 0 radical (unpaired) electrons. The molecule has 2 heteroatoms. The van der Waals surface area contributed by atoms with Crippen LogP contribution in [0.5, 0.6) is 0 Å². The molecule has 68 valence electrons. The highest BCUT2D eigenvalue weighted by atomic mass is 16.5. The number of hydrogen-bond acceptors (Lipinski definition) is 2. The molecule has 2 aliphatic rings. The lowest BCUT2D eigenvalue weighted by Crippen LogP contribution is -2.36. The molecule has 3 unspecified atom stereocenters. The van der Waals surface area contributed by atoms with E-state index in [1.54, 1.807) is 0 Å². The van der Waals surface area contributed by atoms with E-state index in [0.29, 0.717) is 18.2 Å². The van der Waals surface area contributed by atoms with Crippen LogP contribution in [0.15, 0.2) is 12.2 Å². The van der Waals surface area contributed by atoms with E-state index < -0.39 is 0 Å². The fourth-order valence-corrected chi connectivity index (χ4v) is 2.01. The minimum Gasteiger partial charge on any atom is -0.377 e. The Kier molecular flexibility index (Phi) is 2.47. The molecular formula is C10H17NO. The van der Waals surface area contributed by atoms with E-state index in [0.717, 1.165) is 6.61 Å². The van der Waals surface area contributed by atoms with Crippen molar-refractivity contribution in [3.05, 3.63) is 12.2 Å². The Morgan fingerprint density at radius 3 is 3.00 bits per heavy atom. The fraction of sp³-hybridized carbons (Fsp3) is 0.800. The maximum atomic E-state index is 5.49. The summed E-state index contributed by atoms with van der Waals surface area (Å²) in [5.74, 6) is 0. The summed E-state index contributed by atoms with van der Waals surface area (Å²) < 4.78 is 5.49. The van der Waals surface area contributed by atoms with Crippen molar-refractivity contribution in [1.29, 1.82) is 0 Å². The van der Waals surface area contributed by atoms with Gasteiger partial charge in [-0.3, -0.25) is 0 Å². The molecule has 0 amide bonds. The molecule has 2 nitrogen and oxygen atoms in total. The van der Waals surface area contributed by atoms with Crippen molar-refractivity contribution in [1.82, 2.24) is 5.32 Å². The first-order valence-electron chi connectivity index (χ1n) is 4.89. The van der Waals surface area contributed by atoms with Gasteiger partial charge in [0.25, 0.3) is 0 Å². The van der Waals surface area contributed by atoms with Crippen LogP contribution in [0.2, 0.25) is 0 Å². The lowest BCUT2D eigenvalue weighted by atomic mass is 10.1. The number of hydrogen-bond donors (Lipinski definition) is 1. The van der Waals surface area contributed by atoms with Gasteiger partial charge in [-0.2, -0.15) is 0 Å². The van der Waals surface area contributed by atoms with Gasteiger partial charge in [0.05, 0.1) is 12.7 Å². The molecular weight excluding hydrogens is 150 g/mol. The zero-order valence-electron chi connectivity index (χ0n) is 7.62. The highest BCUT2D eigenvalue weighted by molar-refractivity contribution is 5.02. The number of rotatable bonds is 2. The van der Waals surface area contributed by atoms with Crippen molar-refractivity contribution in [3.8, 4) is 0 Å².